The molecule has 4 aromatic rings. The minimum Gasteiger partial charge on any atom is -0.339 e. The molecule has 1 amide bonds. The number of aromatic nitrogens is 4. The third-order valence-electron chi connectivity index (χ3n) is 8.15. The summed E-state index contributed by atoms with van der Waals surface area (Å²) in [7, 11) is 0. The normalized spacial score (nSPS) is 17.7. The SMILES string of the molecule is O=C1NCN(c2ccccc2)C12CCN(CCC(c1ccccc1)(c1ccccc1)c1nn[nH]n1)CC2. The van der Waals surface area contributed by atoms with Crippen molar-refractivity contribution < 1.29 is 4.79 Å². The Bertz CT molecular complexity index is 1260. The van der Waals surface area contributed by atoms with Crippen LogP contribution in [0.5, 0.6) is 0 Å². The Labute approximate surface area is 216 Å². The van der Waals surface area contributed by atoms with Crippen molar-refractivity contribution in [1.29, 1.82) is 0 Å². The number of carbonyl (C=O) groups is 1. The fourth-order valence-electron chi connectivity index (χ4n) is 6.12. The number of tetrazole rings is 1. The Kier molecular flexibility index (Phi) is 6.18. The molecule has 188 valence electrons. The van der Waals surface area contributed by atoms with Gasteiger partial charge >= 0.3 is 0 Å². The molecule has 8 nitrogen and oxygen atoms in total. The van der Waals surface area contributed by atoms with Gasteiger partial charge in [-0.15, -0.1) is 10.2 Å². The van der Waals surface area contributed by atoms with Gasteiger partial charge in [0.2, 0.25) is 5.91 Å². The molecular weight excluding hydrogens is 462 g/mol. The summed E-state index contributed by atoms with van der Waals surface area (Å²) in [6.45, 7) is 3.11. The molecular formula is C29H31N7O. The number of rotatable bonds is 7. The molecule has 0 bridgehead atoms. The Morgan fingerprint density at radius 1 is 0.838 bits per heavy atom. The summed E-state index contributed by atoms with van der Waals surface area (Å²) in [6.07, 6.45) is 2.38. The Balaban J connectivity index is 1.26. The smallest absolute Gasteiger partial charge is 0.247 e. The molecule has 3 heterocycles. The average molecular weight is 494 g/mol. The van der Waals surface area contributed by atoms with Gasteiger partial charge in [0.25, 0.3) is 0 Å². The number of hydrogen-bond donors (Lipinski definition) is 2. The van der Waals surface area contributed by atoms with Crippen LogP contribution < -0.4 is 10.2 Å². The molecule has 6 rings (SSSR count). The van der Waals surface area contributed by atoms with Crippen LogP contribution in [0.15, 0.2) is 91.0 Å². The molecule has 0 atom stereocenters. The number of anilines is 1. The van der Waals surface area contributed by atoms with Gasteiger partial charge in [0.1, 0.15) is 5.54 Å². The van der Waals surface area contributed by atoms with Gasteiger partial charge in [-0.3, -0.25) is 4.79 Å². The predicted molar refractivity (Wildman–Crippen MR) is 142 cm³/mol. The molecule has 1 aromatic heterocycles. The third-order valence-corrected chi connectivity index (χ3v) is 8.15. The molecule has 1 spiro atoms. The van der Waals surface area contributed by atoms with Gasteiger partial charge in [-0.25, -0.2) is 0 Å². The van der Waals surface area contributed by atoms with Crippen LogP contribution >= 0.6 is 0 Å². The maximum absolute atomic E-state index is 13.1. The van der Waals surface area contributed by atoms with E-state index in [0.29, 0.717) is 12.5 Å². The van der Waals surface area contributed by atoms with Gasteiger partial charge in [-0.05, 0) is 49.1 Å². The van der Waals surface area contributed by atoms with Crippen LogP contribution in [0, 0.1) is 0 Å². The quantitative estimate of drug-likeness (QED) is 0.410. The largest absolute Gasteiger partial charge is 0.339 e. The number of carbonyl (C=O) groups excluding carboxylic acids is 1. The summed E-state index contributed by atoms with van der Waals surface area (Å²) >= 11 is 0. The fourth-order valence-corrected chi connectivity index (χ4v) is 6.12. The van der Waals surface area contributed by atoms with Crippen molar-refractivity contribution in [2.45, 2.75) is 30.2 Å². The van der Waals surface area contributed by atoms with E-state index in [1.54, 1.807) is 0 Å². The second kappa shape index (κ2) is 9.78. The molecule has 2 aliphatic rings. The minimum absolute atomic E-state index is 0.144. The summed E-state index contributed by atoms with van der Waals surface area (Å²) in [5.74, 6) is 0.814. The van der Waals surface area contributed by atoms with Gasteiger partial charge in [-0.1, -0.05) is 84.1 Å². The van der Waals surface area contributed by atoms with Crippen LogP contribution in [0.4, 0.5) is 5.69 Å². The fraction of sp³-hybridized carbons (Fsp3) is 0.310. The zero-order valence-electron chi connectivity index (χ0n) is 20.8. The number of aromatic amines is 1. The number of piperidine rings is 1. The van der Waals surface area contributed by atoms with Gasteiger partial charge in [0.05, 0.1) is 12.1 Å². The van der Waals surface area contributed by atoms with E-state index in [0.717, 1.165) is 55.7 Å². The maximum Gasteiger partial charge on any atom is 0.247 e. The molecule has 0 unspecified atom stereocenters. The average Bonchev–Trinajstić information content (AvgIpc) is 3.61. The van der Waals surface area contributed by atoms with Crippen molar-refractivity contribution in [3.05, 3.63) is 108 Å². The van der Waals surface area contributed by atoms with Crippen molar-refractivity contribution in [1.82, 2.24) is 30.8 Å². The highest BCUT2D eigenvalue weighted by atomic mass is 16.2. The lowest BCUT2D eigenvalue weighted by Gasteiger charge is -2.44. The molecule has 2 saturated heterocycles. The monoisotopic (exact) mass is 493 g/mol. The molecule has 8 heteroatoms. The van der Waals surface area contributed by atoms with Crippen molar-refractivity contribution in [3.8, 4) is 0 Å². The molecule has 0 saturated carbocycles. The highest BCUT2D eigenvalue weighted by Gasteiger charge is 2.50. The first-order valence-corrected chi connectivity index (χ1v) is 12.9. The maximum atomic E-state index is 13.1. The Morgan fingerprint density at radius 2 is 1.43 bits per heavy atom. The Hall–Kier alpha value is -4.04. The summed E-state index contributed by atoms with van der Waals surface area (Å²) < 4.78 is 0. The second-order valence-corrected chi connectivity index (χ2v) is 9.92. The van der Waals surface area contributed by atoms with Gasteiger partial charge in [0, 0.05) is 18.8 Å². The number of para-hydroxylation sites is 1. The van der Waals surface area contributed by atoms with Crippen LogP contribution in [0.2, 0.25) is 0 Å². The lowest BCUT2D eigenvalue weighted by atomic mass is 9.71. The van der Waals surface area contributed by atoms with Crippen molar-refractivity contribution in [3.63, 3.8) is 0 Å². The van der Waals surface area contributed by atoms with Crippen molar-refractivity contribution in [2.24, 2.45) is 0 Å². The van der Waals surface area contributed by atoms with E-state index >= 15 is 0 Å². The number of H-pyrrole nitrogens is 1. The number of nitrogens with zero attached hydrogens (tertiary/aromatic N) is 5. The molecule has 2 aliphatic heterocycles. The number of amides is 1. The first-order chi connectivity index (χ1) is 18.2. The number of benzene rings is 3. The van der Waals surface area contributed by atoms with Gasteiger partial charge in [0.15, 0.2) is 5.82 Å². The minimum atomic E-state index is -0.536. The van der Waals surface area contributed by atoms with Crippen LogP contribution in [-0.4, -0.2) is 63.3 Å². The highest BCUT2D eigenvalue weighted by Crippen LogP contribution is 2.41. The standard InChI is InChI=1S/C29H31N7O/c37-27-28(36(22-30-27)25-14-8-3-9-15-25)16-19-35(20-17-28)21-18-29(26-31-33-34-32-26,23-10-4-1-5-11-23)24-12-6-2-7-13-24/h1-15H,16-22H2,(H,30,37)(H,31,32,33,34). The first-order valence-electron chi connectivity index (χ1n) is 12.9. The number of likely N-dealkylation sites (tertiary alicyclic amines) is 1. The third kappa shape index (κ3) is 4.07. The van der Waals surface area contributed by atoms with E-state index in [4.69, 9.17) is 0 Å². The number of nitrogens with one attached hydrogen (secondary N) is 2. The zero-order valence-corrected chi connectivity index (χ0v) is 20.8. The molecule has 3 aromatic carbocycles. The summed E-state index contributed by atoms with van der Waals surface area (Å²) in [4.78, 5) is 17.8. The lowest BCUT2D eigenvalue weighted by Crippen LogP contribution is -2.56. The summed E-state index contributed by atoms with van der Waals surface area (Å²) in [5, 5.41) is 18.7. The van der Waals surface area contributed by atoms with E-state index in [2.05, 4.69) is 96.4 Å². The van der Waals surface area contributed by atoms with E-state index in [1.165, 1.54) is 0 Å². The van der Waals surface area contributed by atoms with Crippen LogP contribution in [0.3, 0.4) is 0 Å². The molecule has 0 aliphatic carbocycles. The lowest BCUT2D eigenvalue weighted by molar-refractivity contribution is -0.125. The Morgan fingerprint density at radius 3 is 2.00 bits per heavy atom. The second-order valence-electron chi connectivity index (χ2n) is 9.92. The van der Waals surface area contributed by atoms with Gasteiger partial charge < -0.3 is 15.1 Å². The molecule has 2 fully saturated rings. The molecule has 37 heavy (non-hydrogen) atoms. The first kappa shape index (κ1) is 23.4. The van der Waals surface area contributed by atoms with Crippen LogP contribution in [0.25, 0.3) is 0 Å². The zero-order chi connectivity index (χ0) is 25.1. The topological polar surface area (TPSA) is 90.0 Å². The van der Waals surface area contributed by atoms with E-state index in [1.807, 2.05) is 30.3 Å². The predicted octanol–water partition coefficient (Wildman–Crippen LogP) is 3.35. The van der Waals surface area contributed by atoms with Crippen molar-refractivity contribution in [2.75, 3.05) is 31.2 Å². The van der Waals surface area contributed by atoms with E-state index in [-0.39, 0.29) is 5.91 Å². The van der Waals surface area contributed by atoms with Crippen molar-refractivity contribution >= 4 is 11.6 Å². The van der Waals surface area contributed by atoms with Gasteiger partial charge in [-0.2, -0.15) is 5.21 Å². The van der Waals surface area contributed by atoms with Crippen LogP contribution in [0.1, 0.15) is 36.2 Å². The number of hydrogen-bond acceptors (Lipinski definition) is 6. The highest BCUT2D eigenvalue weighted by molar-refractivity contribution is 5.93. The van der Waals surface area contributed by atoms with Crippen LogP contribution in [-0.2, 0) is 10.2 Å². The summed E-state index contributed by atoms with van der Waals surface area (Å²) in [6, 6.07) is 31.2. The molecule has 2 N–H and O–H groups in total. The molecule has 0 radical (unpaired) electrons. The summed E-state index contributed by atoms with van der Waals surface area (Å²) in [5.41, 5.74) is 2.36. The van der Waals surface area contributed by atoms with E-state index in [9.17, 15) is 4.79 Å². The van der Waals surface area contributed by atoms with E-state index < -0.39 is 11.0 Å².